The molecule has 188 valence electrons. The molecule has 0 spiro atoms. The third-order valence-corrected chi connectivity index (χ3v) is 6.24. The minimum absolute atomic E-state index is 0.0872. The van der Waals surface area contributed by atoms with Crippen molar-refractivity contribution in [2.45, 2.75) is 13.8 Å². The number of nitrogens with zero attached hydrogens (tertiary/aromatic N) is 4. The SMILES string of the molecule is CC(C)C(=O)Nc1cncc(-c2cnc3[nH]nc(-c4cc5c(-c6cc(O)cc(F)c6)nccc5[nH]4)c3c2)c1. The third kappa shape index (κ3) is 4.21. The van der Waals surface area contributed by atoms with E-state index >= 15 is 0 Å². The van der Waals surface area contributed by atoms with Gasteiger partial charge in [-0.05, 0) is 36.4 Å². The van der Waals surface area contributed by atoms with Crippen LogP contribution in [0.1, 0.15) is 13.8 Å². The van der Waals surface area contributed by atoms with Gasteiger partial charge < -0.3 is 15.4 Å². The normalized spacial score (nSPS) is 11.5. The fourth-order valence-electron chi connectivity index (χ4n) is 4.34. The average Bonchev–Trinajstić information content (AvgIpc) is 3.51. The number of hydrogen-bond acceptors (Lipinski definition) is 6. The number of carbonyl (C=O) groups excluding carboxylic acids is 1. The summed E-state index contributed by atoms with van der Waals surface area (Å²) in [7, 11) is 0. The van der Waals surface area contributed by atoms with Gasteiger partial charge >= 0.3 is 0 Å². The van der Waals surface area contributed by atoms with Crippen molar-refractivity contribution in [3.8, 4) is 39.5 Å². The number of benzene rings is 1. The molecule has 5 heterocycles. The summed E-state index contributed by atoms with van der Waals surface area (Å²) in [5, 5.41) is 21.8. The zero-order valence-corrected chi connectivity index (χ0v) is 20.5. The van der Waals surface area contributed by atoms with E-state index in [1.54, 1.807) is 24.8 Å². The van der Waals surface area contributed by atoms with Crippen molar-refractivity contribution in [1.29, 1.82) is 0 Å². The molecule has 0 unspecified atom stereocenters. The Kier molecular flexibility index (Phi) is 5.56. The number of carbonyl (C=O) groups is 1. The number of aromatic hydroxyl groups is 1. The van der Waals surface area contributed by atoms with E-state index < -0.39 is 5.82 Å². The molecule has 0 atom stereocenters. The predicted octanol–water partition coefficient (Wildman–Crippen LogP) is 5.67. The molecule has 0 aliphatic carbocycles. The maximum absolute atomic E-state index is 14.0. The molecule has 0 saturated carbocycles. The lowest BCUT2D eigenvalue weighted by Gasteiger charge is -2.09. The second-order valence-corrected chi connectivity index (χ2v) is 9.30. The molecule has 9 nitrogen and oxygen atoms in total. The number of fused-ring (bicyclic) bond motifs is 2. The van der Waals surface area contributed by atoms with Gasteiger partial charge in [0, 0.05) is 63.6 Å². The smallest absolute Gasteiger partial charge is 0.226 e. The van der Waals surface area contributed by atoms with E-state index in [9.17, 15) is 14.3 Å². The lowest BCUT2D eigenvalue weighted by molar-refractivity contribution is -0.118. The lowest BCUT2D eigenvalue weighted by atomic mass is 10.1. The van der Waals surface area contributed by atoms with Crippen LogP contribution in [0.3, 0.4) is 0 Å². The van der Waals surface area contributed by atoms with E-state index in [-0.39, 0.29) is 17.6 Å². The van der Waals surface area contributed by atoms with E-state index in [0.29, 0.717) is 28.3 Å². The van der Waals surface area contributed by atoms with Gasteiger partial charge in [0.1, 0.15) is 17.3 Å². The first-order valence-electron chi connectivity index (χ1n) is 11.9. The van der Waals surface area contributed by atoms with Crippen LogP contribution >= 0.6 is 0 Å². The maximum Gasteiger partial charge on any atom is 0.226 e. The molecule has 5 aromatic heterocycles. The molecule has 38 heavy (non-hydrogen) atoms. The van der Waals surface area contributed by atoms with E-state index in [1.165, 1.54) is 12.1 Å². The molecule has 1 amide bonds. The first-order valence-corrected chi connectivity index (χ1v) is 11.9. The highest BCUT2D eigenvalue weighted by molar-refractivity contribution is 6.00. The van der Waals surface area contributed by atoms with Gasteiger partial charge in [-0.3, -0.25) is 19.9 Å². The highest BCUT2D eigenvalue weighted by Crippen LogP contribution is 2.35. The number of H-pyrrole nitrogens is 2. The number of nitrogens with one attached hydrogen (secondary N) is 3. The highest BCUT2D eigenvalue weighted by atomic mass is 19.1. The van der Waals surface area contributed by atoms with Crippen molar-refractivity contribution in [3.63, 3.8) is 0 Å². The summed E-state index contributed by atoms with van der Waals surface area (Å²) < 4.78 is 14.0. The Morgan fingerprint density at radius 1 is 0.947 bits per heavy atom. The van der Waals surface area contributed by atoms with Crippen molar-refractivity contribution < 1.29 is 14.3 Å². The van der Waals surface area contributed by atoms with Gasteiger partial charge in [-0.1, -0.05) is 13.8 Å². The molecule has 4 N–H and O–H groups in total. The van der Waals surface area contributed by atoms with Gasteiger partial charge in [0.05, 0.1) is 23.3 Å². The van der Waals surface area contributed by atoms with Crippen LogP contribution in [0.5, 0.6) is 5.75 Å². The topological polar surface area (TPSA) is 132 Å². The van der Waals surface area contributed by atoms with Gasteiger partial charge in [-0.15, -0.1) is 0 Å². The van der Waals surface area contributed by atoms with Crippen LogP contribution in [0.2, 0.25) is 0 Å². The lowest BCUT2D eigenvalue weighted by Crippen LogP contribution is -2.17. The molecule has 6 rings (SSSR count). The van der Waals surface area contributed by atoms with E-state index in [2.05, 4.69) is 35.5 Å². The molecule has 0 saturated heterocycles. The van der Waals surface area contributed by atoms with Crippen molar-refractivity contribution >= 4 is 33.5 Å². The number of anilines is 1. The van der Waals surface area contributed by atoms with Crippen molar-refractivity contribution in [2.24, 2.45) is 5.92 Å². The molecule has 6 aromatic rings. The number of amides is 1. The Hall–Kier alpha value is -5.12. The van der Waals surface area contributed by atoms with Gasteiger partial charge in [0.25, 0.3) is 0 Å². The fraction of sp³-hybridized carbons (Fsp3) is 0.107. The maximum atomic E-state index is 14.0. The quantitative estimate of drug-likeness (QED) is 0.238. The molecule has 0 radical (unpaired) electrons. The van der Waals surface area contributed by atoms with Crippen LogP contribution in [0.4, 0.5) is 10.1 Å². The number of pyridine rings is 3. The van der Waals surface area contributed by atoms with Gasteiger partial charge in [-0.25, -0.2) is 9.37 Å². The Morgan fingerprint density at radius 2 is 1.79 bits per heavy atom. The average molecular weight is 508 g/mol. The molecule has 0 fully saturated rings. The molecule has 0 bridgehead atoms. The Labute approximate surface area is 215 Å². The van der Waals surface area contributed by atoms with E-state index in [4.69, 9.17) is 0 Å². The summed E-state index contributed by atoms with van der Waals surface area (Å²) in [4.78, 5) is 28.7. The van der Waals surface area contributed by atoms with Crippen LogP contribution in [0.15, 0.2) is 67.3 Å². The Balaban J connectivity index is 1.42. The number of halogens is 1. The first-order chi connectivity index (χ1) is 18.4. The largest absolute Gasteiger partial charge is 0.508 e. The van der Waals surface area contributed by atoms with Crippen molar-refractivity contribution in [3.05, 3.63) is 73.1 Å². The molecular formula is C28H22FN7O2. The molecular weight excluding hydrogens is 485 g/mol. The van der Waals surface area contributed by atoms with Crippen LogP contribution in [0, 0.1) is 11.7 Å². The summed E-state index contributed by atoms with van der Waals surface area (Å²) >= 11 is 0. The second-order valence-electron chi connectivity index (χ2n) is 9.30. The van der Waals surface area contributed by atoms with E-state index in [1.807, 2.05) is 38.1 Å². The number of aromatic amines is 2. The summed E-state index contributed by atoms with van der Waals surface area (Å²) in [6.45, 7) is 3.66. The predicted molar refractivity (Wildman–Crippen MR) is 143 cm³/mol. The summed E-state index contributed by atoms with van der Waals surface area (Å²) in [6, 6.07) is 11.4. The Bertz CT molecular complexity index is 1820. The van der Waals surface area contributed by atoms with E-state index in [0.717, 1.165) is 39.2 Å². The second kappa shape index (κ2) is 9.07. The van der Waals surface area contributed by atoms with Gasteiger partial charge in [0.15, 0.2) is 5.65 Å². The molecule has 10 heteroatoms. The number of aromatic nitrogens is 6. The Morgan fingerprint density at radius 3 is 2.61 bits per heavy atom. The highest BCUT2D eigenvalue weighted by Gasteiger charge is 2.17. The zero-order valence-electron chi connectivity index (χ0n) is 20.5. The van der Waals surface area contributed by atoms with Gasteiger partial charge in [0.2, 0.25) is 5.91 Å². The first kappa shape index (κ1) is 23.3. The minimum Gasteiger partial charge on any atom is -0.508 e. The van der Waals surface area contributed by atoms with Crippen LogP contribution < -0.4 is 5.32 Å². The number of phenolic OH excluding ortho intramolecular Hbond substituents is 1. The summed E-state index contributed by atoms with van der Waals surface area (Å²) in [6.07, 6.45) is 6.66. The molecule has 0 aliphatic rings. The number of hydrogen-bond donors (Lipinski definition) is 4. The standard InChI is InChI=1S/C28H22FN7O2/c1-14(2)28(38)33-19-6-16(11-30-13-19)17-8-22-26(35-36-27(22)32-12-17)24-10-21-23(34-24)3-4-31-25(21)15-5-18(29)9-20(37)7-15/h3-14,34,37H,1-2H3,(H,33,38)(H,32,35,36). The minimum atomic E-state index is -0.547. The monoisotopic (exact) mass is 507 g/mol. The summed E-state index contributed by atoms with van der Waals surface area (Å²) in [5.41, 5.74) is 5.96. The van der Waals surface area contributed by atoms with Crippen molar-refractivity contribution in [2.75, 3.05) is 5.32 Å². The summed E-state index contributed by atoms with van der Waals surface area (Å²) in [5.74, 6) is -0.956. The number of phenols is 1. The fourth-order valence-corrected chi connectivity index (χ4v) is 4.34. The zero-order chi connectivity index (χ0) is 26.4. The molecule has 1 aromatic carbocycles. The van der Waals surface area contributed by atoms with Crippen LogP contribution in [0.25, 0.3) is 55.7 Å². The van der Waals surface area contributed by atoms with Crippen LogP contribution in [-0.4, -0.2) is 41.1 Å². The third-order valence-electron chi connectivity index (χ3n) is 6.24. The number of rotatable bonds is 5. The van der Waals surface area contributed by atoms with Crippen molar-refractivity contribution in [1.82, 2.24) is 30.1 Å². The van der Waals surface area contributed by atoms with Crippen LogP contribution in [-0.2, 0) is 4.79 Å². The molecule has 0 aliphatic heterocycles. The van der Waals surface area contributed by atoms with Gasteiger partial charge in [-0.2, -0.15) is 5.10 Å².